The second-order valence-corrected chi connectivity index (χ2v) is 9.81. The molecule has 0 radical (unpaired) electrons. The number of nitrogens with zero attached hydrogens (tertiary/aromatic N) is 1. The Morgan fingerprint density at radius 2 is 1.54 bits per heavy atom. The van der Waals surface area contributed by atoms with Gasteiger partial charge >= 0.3 is 5.97 Å². The largest absolute Gasteiger partial charge is 0.508 e. The Bertz CT molecular complexity index is 1340. The van der Waals surface area contributed by atoms with Crippen molar-refractivity contribution in [1.29, 1.82) is 0 Å². The molecule has 3 atom stereocenters. The van der Waals surface area contributed by atoms with Crippen LogP contribution >= 0.6 is 0 Å². The van der Waals surface area contributed by atoms with Crippen molar-refractivity contribution in [3.63, 3.8) is 0 Å². The van der Waals surface area contributed by atoms with E-state index in [1.807, 2.05) is 42.5 Å². The molecule has 9 nitrogen and oxygen atoms in total. The fraction of sp³-hybridized carbons (Fsp3) is 0.333. The van der Waals surface area contributed by atoms with Crippen molar-refractivity contribution < 1.29 is 29.0 Å². The molecule has 0 aliphatic rings. The first-order valence-corrected chi connectivity index (χ1v) is 12.8. The molecule has 9 heteroatoms. The quantitative estimate of drug-likeness (QED) is 0.340. The van der Waals surface area contributed by atoms with E-state index in [1.54, 1.807) is 32.9 Å². The summed E-state index contributed by atoms with van der Waals surface area (Å²) < 4.78 is 4.97. The van der Waals surface area contributed by atoms with Gasteiger partial charge in [0.25, 0.3) is 11.8 Å². The van der Waals surface area contributed by atoms with Gasteiger partial charge in [-0.2, -0.15) is 0 Å². The molecule has 0 aliphatic carbocycles. The van der Waals surface area contributed by atoms with Gasteiger partial charge in [-0.1, -0.05) is 56.3 Å². The van der Waals surface area contributed by atoms with E-state index in [2.05, 4.69) is 10.6 Å². The molecule has 3 rings (SSSR count). The summed E-state index contributed by atoms with van der Waals surface area (Å²) in [6, 6.07) is 16.4. The molecule has 0 bridgehead atoms. The highest BCUT2D eigenvalue weighted by molar-refractivity contribution is 6.05. The van der Waals surface area contributed by atoms with Crippen LogP contribution in [0.3, 0.4) is 0 Å². The van der Waals surface area contributed by atoms with Gasteiger partial charge in [-0.15, -0.1) is 0 Å². The van der Waals surface area contributed by atoms with Crippen molar-refractivity contribution in [3.8, 4) is 5.75 Å². The van der Waals surface area contributed by atoms with Crippen molar-refractivity contribution in [2.24, 2.45) is 5.92 Å². The van der Waals surface area contributed by atoms with E-state index in [-0.39, 0.29) is 12.2 Å². The standard InChI is InChI=1S/C30H35N3O6/c1-18(2)27(30(38)39-5)33(29(37)26(32-20(4)34)16-21-10-14-25(35)15-11-21)28(36)19(3)31-24-13-12-22-8-6-7-9-23(22)17-24/h6-15,17-19,26-27,31,35H,16H2,1-5H3,(H,32,34)/t19-,26-,27-/m0/s1. The molecule has 0 spiro atoms. The molecule has 0 unspecified atom stereocenters. The summed E-state index contributed by atoms with van der Waals surface area (Å²) in [4.78, 5) is 53.7. The van der Waals surface area contributed by atoms with Gasteiger partial charge in [0.05, 0.1) is 7.11 Å². The van der Waals surface area contributed by atoms with Crippen molar-refractivity contribution in [2.45, 2.75) is 52.2 Å². The number of imide groups is 1. The van der Waals surface area contributed by atoms with E-state index < -0.39 is 47.7 Å². The van der Waals surface area contributed by atoms with Gasteiger partial charge in [0.15, 0.2) is 0 Å². The van der Waals surface area contributed by atoms with Crippen LogP contribution in [0.25, 0.3) is 10.8 Å². The van der Waals surface area contributed by atoms with Crippen LogP contribution in [0, 0.1) is 5.92 Å². The Kier molecular flexibility index (Phi) is 9.65. The minimum Gasteiger partial charge on any atom is -0.508 e. The maximum atomic E-state index is 14.0. The lowest BCUT2D eigenvalue weighted by Crippen LogP contribution is -2.60. The van der Waals surface area contributed by atoms with Gasteiger partial charge in [-0.05, 0) is 53.4 Å². The molecule has 0 fully saturated rings. The predicted molar refractivity (Wildman–Crippen MR) is 149 cm³/mol. The number of rotatable bonds is 10. The number of ether oxygens (including phenoxy) is 1. The molecule has 3 amide bonds. The number of carbonyl (C=O) groups excluding carboxylic acids is 4. The molecule has 3 N–H and O–H groups in total. The zero-order chi connectivity index (χ0) is 28.7. The van der Waals surface area contributed by atoms with E-state index in [0.29, 0.717) is 11.3 Å². The van der Waals surface area contributed by atoms with Crippen LogP contribution in [0.1, 0.15) is 33.3 Å². The van der Waals surface area contributed by atoms with Crippen LogP contribution in [0.15, 0.2) is 66.7 Å². The summed E-state index contributed by atoms with van der Waals surface area (Å²) in [6.45, 7) is 6.31. The summed E-state index contributed by atoms with van der Waals surface area (Å²) in [5.74, 6) is -3.00. The number of esters is 1. The molecule has 0 heterocycles. The second-order valence-electron chi connectivity index (χ2n) is 9.81. The average molecular weight is 534 g/mol. The SMILES string of the molecule is COC(=O)[C@H](C(C)C)N(C(=O)[C@H](C)Nc1ccc2ccccc2c1)C(=O)[C@H](Cc1ccc(O)cc1)NC(C)=O. The lowest BCUT2D eigenvalue weighted by molar-refractivity contribution is -0.163. The molecule has 0 saturated heterocycles. The number of phenols is 1. The molecule has 0 saturated carbocycles. The highest BCUT2D eigenvalue weighted by Crippen LogP contribution is 2.22. The third-order valence-corrected chi connectivity index (χ3v) is 6.38. The fourth-order valence-corrected chi connectivity index (χ4v) is 4.46. The molecule has 0 aromatic heterocycles. The first-order valence-electron chi connectivity index (χ1n) is 12.8. The molecule has 0 aliphatic heterocycles. The first kappa shape index (κ1) is 29.2. The first-order chi connectivity index (χ1) is 18.5. The summed E-state index contributed by atoms with van der Waals surface area (Å²) in [7, 11) is 1.20. The molecular formula is C30H35N3O6. The number of phenolic OH excluding ortho intramolecular Hbond substituents is 1. The number of fused-ring (bicyclic) bond motifs is 1. The third kappa shape index (κ3) is 7.34. The van der Waals surface area contributed by atoms with E-state index >= 15 is 0 Å². The maximum Gasteiger partial charge on any atom is 0.329 e. The predicted octanol–water partition coefficient (Wildman–Crippen LogP) is 3.65. The highest BCUT2D eigenvalue weighted by Gasteiger charge is 2.42. The summed E-state index contributed by atoms with van der Waals surface area (Å²) in [5, 5.41) is 17.4. The molecule has 206 valence electrons. The second kappa shape index (κ2) is 12.9. The normalized spacial score (nSPS) is 13.3. The summed E-state index contributed by atoms with van der Waals surface area (Å²) in [6.07, 6.45) is 0.0426. The Labute approximate surface area is 228 Å². The van der Waals surface area contributed by atoms with Crippen molar-refractivity contribution in [3.05, 3.63) is 72.3 Å². The van der Waals surface area contributed by atoms with E-state index in [9.17, 15) is 24.3 Å². The van der Waals surface area contributed by atoms with Gasteiger partial charge in [-0.25, -0.2) is 4.79 Å². The number of carbonyl (C=O) groups is 4. The maximum absolute atomic E-state index is 14.0. The topological polar surface area (TPSA) is 125 Å². The number of hydrogen-bond acceptors (Lipinski definition) is 7. The molecule has 3 aromatic carbocycles. The van der Waals surface area contributed by atoms with Crippen LogP contribution in [0.4, 0.5) is 5.69 Å². The minimum absolute atomic E-state index is 0.0426. The number of amides is 3. The van der Waals surface area contributed by atoms with Crippen molar-refractivity contribution >= 4 is 40.2 Å². The van der Waals surface area contributed by atoms with Crippen LogP contribution in [0.5, 0.6) is 5.75 Å². The third-order valence-electron chi connectivity index (χ3n) is 6.38. The van der Waals surface area contributed by atoms with Crippen molar-refractivity contribution in [2.75, 3.05) is 12.4 Å². The van der Waals surface area contributed by atoms with E-state index in [1.165, 1.54) is 26.2 Å². The highest BCUT2D eigenvalue weighted by atomic mass is 16.5. The molecular weight excluding hydrogens is 498 g/mol. The lowest BCUT2D eigenvalue weighted by atomic mass is 9.98. The molecule has 3 aromatic rings. The number of aromatic hydroxyl groups is 1. The monoisotopic (exact) mass is 533 g/mol. The number of nitrogens with one attached hydrogen (secondary N) is 2. The Balaban J connectivity index is 1.97. The van der Waals surface area contributed by atoms with E-state index in [4.69, 9.17) is 4.74 Å². The number of hydrogen-bond donors (Lipinski definition) is 3. The Morgan fingerprint density at radius 1 is 0.897 bits per heavy atom. The van der Waals surface area contributed by atoms with Gasteiger partial charge < -0.3 is 20.5 Å². The molecule has 39 heavy (non-hydrogen) atoms. The van der Waals surface area contributed by atoms with Crippen LogP contribution in [0.2, 0.25) is 0 Å². The van der Waals surface area contributed by atoms with Crippen LogP contribution in [-0.4, -0.2) is 58.9 Å². The number of benzene rings is 3. The Hall–Kier alpha value is -4.40. The van der Waals surface area contributed by atoms with E-state index in [0.717, 1.165) is 15.7 Å². The van der Waals surface area contributed by atoms with Gasteiger partial charge in [-0.3, -0.25) is 19.3 Å². The summed E-state index contributed by atoms with van der Waals surface area (Å²) in [5.41, 5.74) is 1.32. The average Bonchev–Trinajstić information content (AvgIpc) is 2.90. The lowest BCUT2D eigenvalue weighted by Gasteiger charge is -2.35. The minimum atomic E-state index is -1.22. The number of anilines is 1. The van der Waals surface area contributed by atoms with Crippen LogP contribution < -0.4 is 10.6 Å². The van der Waals surface area contributed by atoms with Gasteiger partial charge in [0.1, 0.15) is 23.9 Å². The van der Waals surface area contributed by atoms with Gasteiger partial charge in [0.2, 0.25) is 5.91 Å². The zero-order valence-corrected chi connectivity index (χ0v) is 22.8. The van der Waals surface area contributed by atoms with Gasteiger partial charge in [0, 0.05) is 19.0 Å². The summed E-state index contributed by atoms with van der Waals surface area (Å²) >= 11 is 0. The van der Waals surface area contributed by atoms with Crippen LogP contribution in [-0.2, 0) is 30.3 Å². The smallest absolute Gasteiger partial charge is 0.329 e. The Morgan fingerprint density at radius 3 is 2.13 bits per heavy atom. The van der Waals surface area contributed by atoms with Crippen molar-refractivity contribution in [1.82, 2.24) is 10.2 Å². The number of methoxy groups -OCH3 is 1. The zero-order valence-electron chi connectivity index (χ0n) is 22.8. The fourth-order valence-electron chi connectivity index (χ4n) is 4.46.